The lowest BCUT2D eigenvalue weighted by molar-refractivity contribution is 0.0747. The van der Waals surface area contributed by atoms with Crippen molar-refractivity contribution in [1.82, 2.24) is 24.7 Å². The molecule has 0 bridgehead atoms. The van der Waals surface area contributed by atoms with Gasteiger partial charge in [-0.25, -0.2) is 4.39 Å². The van der Waals surface area contributed by atoms with Gasteiger partial charge < -0.3 is 9.42 Å². The van der Waals surface area contributed by atoms with E-state index in [4.69, 9.17) is 4.52 Å². The molecule has 0 saturated carbocycles. The SMILES string of the molecule is CCc1noc(C)c1C(=O)N(C)C[C@@H]1C[C@H](F)CN1Cc1cnn(C)c1. The van der Waals surface area contributed by atoms with Crippen molar-refractivity contribution in [1.29, 1.82) is 0 Å². The first-order chi connectivity index (χ1) is 12.4. The number of carbonyl (C=O) groups is 1. The largest absolute Gasteiger partial charge is 0.361 e. The highest BCUT2D eigenvalue weighted by Crippen LogP contribution is 2.24. The van der Waals surface area contributed by atoms with Crippen LogP contribution in [0.1, 0.15) is 40.7 Å². The van der Waals surface area contributed by atoms with Crippen LogP contribution in [0.4, 0.5) is 4.39 Å². The summed E-state index contributed by atoms with van der Waals surface area (Å²) in [7, 11) is 3.62. The third-order valence-electron chi connectivity index (χ3n) is 4.93. The van der Waals surface area contributed by atoms with Crippen molar-refractivity contribution in [3.05, 3.63) is 35.0 Å². The van der Waals surface area contributed by atoms with Gasteiger partial charge in [-0.05, 0) is 19.8 Å². The van der Waals surface area contributed by atoms with Gasteiger partial charge >= 0.3 is 0 Å². The maximum atomic E-state index is 14.0. The van der Waals surface area contributed by atoms with E-state index in [2.05, 4.69) is 15.2 Å². The summed E-state index contributed by atoms with van der Waals surface area (Å²) in [5.74, 6) is 0.407. The van der Waals surface area contributed by atoms with Crippen LogP contribution in [0, 0.1) is 6.92 Å². The molecule has 0 radical (unpaired) electrons. The van der Waals surface area contributed by atoms with Crippen LogP contribution in [0.3, 0.4) is 0 Å². The summed E-state index contributed by atoms with van der Waals surface area (Å²) in [4.78, 5) is 16.6. The molecule has 0 spiro atoms. The minimum Gasteiger partial charge on any atom is -0.361 e. The van der Waals surface area contributed by atoms with Crippen molar-refractivity contribution in [2.45, 2.75) is 45.4 Å². The third kappa shape index (κ3) is 3.80. The van der Waals surface area contributed by atoms with Crippen LogP contribution >= 0.6 is 0 Å². The van der Waals surface area contributed by atoms with Gasteiger partial charge in [0, 0.05) is 51.5 Å². The number of hydrogen-bond donors (Lipinski definition) is 0. The van der Waals surface area contributed by atoms with Crippen LogP contribution < -0.4 is 0 Å². The van der Waals surface area contributed by atoms with E-state index in [1.807, 2.05) is 20.2 Å². The van der Waals surface area contributed by atoms with Crippen LogP contribution in [0.5, 0.6) is 0 Å². The second-order valence-corrected chi connectivity index (χ2v) is 7.04. The van der Waals surface area contributed by atoms with Crippen molar-refractivity contribution in [2.24, 2.45) is 7.05 Å². The number of alkyl halides is 1. The van der Waals surface area contributed by atoms with Crippen molar-refractivity contribution in [3.63, 3.8) is 0 Å². The van der Waals surface area contributed by atoms with Gasteiger partial charge in [0.05, 0.1) is 11.9 Å². The van der Waals surface area contributed by atoms with Gasteiger partial charge in [0.15, 0.2) is 0 Å². The van der Waals surface area contributed by atoms with Crippen LogP contribution in [0.15, 0.2) is 16.9 Å². The molecule has 2 atom stereocenters. The lowest BCUT2D eigenvalue weighted by Crippen LogP contribution is -2.41. The Morgan fingerprint density at radius 3 is 2.92 bits per heavy atom. The van der Waals surface area contributed by atoms with Crippen molar-refractivity contribution < 1.29 is 13.7 Å². The van der Waals surface area contributed by atoms with Gasteiger partial charge in [-0.3, -0.25) is 14.4 Å². The molecule has 1 saturated heterocycles. The van der Waals surface area contributed by atoms with E-state index in [9.17, 15) is 9.18 Å². The molecule has 0 aliphatic carbocycles. The number of nitrogens with zero attached hydrogens (tertiary/aromatic N) is 5. The standard InChI is InChI=1S/C18H26FN5O2/c1-5-16-17(12(2)26-21-16)18(25)22(3)11-15-6-14(19)10-24(15)9-13-7-20-23(4)8-13/h7-8,14-15H,5-6,9-11H2,1-4H3/t14-,15-/m0/s1. The normalized spacial score (nSPS) is 20.7. The summed E-state index contributed by atoms with van der Waals surface area (Å²) >= 11 is 0. The van der Waals surface area contributed by atoms with E-state index in [0.29, 0.717) is 49.5 Å². The average Bonchev–Trinajstić information content (AvgIpc) is 3.26. The second kappa shape index (κ2) is 7.57. The molecule has 7 nitrogen and oxygen atoms in total. The number of hydrogen-bond acceptors (Lipinski definition) is 5. The molecule has 1 aliphatic heterocycles. The summed E-state index contributed by atoms with van der Waals surface area (Å²) < 4.78 is 21.0. The number of rotatable bonds is 6. The number of aryl methyl sites for hydroxylation is 3. The minimum atomic E-state index is -0.872. The van der Waals surface area contributed by atoms with Gasteiger partial charge in [0.1, 0.15) is 17.5 Å². The second-order valence-electron chi connectivity index (χ2n) is 7.04. The first-order valence-corrected chi connectivity index (χ1v) is 8.95. The minimum absolute atomic E-state index is 0.0237. The number of carbonyl (C=O) groups excluding carboxylic acids is 1. The lowest BCUT2D eigenvalue weighted by Gasteiger charge is -2.28. The monoisotopic (exact) mass is 363 g/mol. The first kappa shape index (κ1) is 18.6. The van der Waals surface area contributed by atoms with Crippen molar-refractivity contribution in [3.8, 4) is 0 Å². The van der Waals surface area contributed by atoms with E-state index in [1.54, 1.807) is 29.7 Å². The number of likely N-dealkylation sites (tertiary alicyclic amines) is 1. The average molecular weight is 363 g/mol. The van der Waals surface area contributed by atoms with Crippen LogP contribution in [-0.2, 0) is 20.0 Å². The fraction of sp³-hybridized carbons (Fsp3) is 0.611. The lowest BCUT2D eigenvalue weighted by atomic mass is 10.1. The highest BCUT2D eigenvalue weighted by Gasteiger charge is 2.34. The zero-order valence-electron chi connectivity index (χ0n) is 15.8. The zero-order valence-corrected chi connectivity index (χ0v) is 15.8. The van der Waals surface area contributed by atoms with Gasteiger partial charge in [-0.2, -0.15) is 5.10 Å². The summed E-state index contributed by atoms with van der Waals surface area (Å²) in [5.41, 5.74) is 2.24. The van der Waals surface area contributed by atoms with Gasteiger partial charge in [0.25, 0.3) is 5.91 Å². The predicted molar refractivity (Wildman–Crippen MR) is 94.5 cm³/mol. The van der Waals surface area contributed by atoms with E-state index < -0.39 is 6.17 Å². The quantitative estimate of drug-likeness (QED) is 0.785. The maximum absolute atomic E-state index is 14.0. The van der Waals surface area contributed by atoms with E-state index in [0.717, 1.165) is 5.56 Å². The Bertz CT molecular complexity index is 771. The first-order valence-electron chi connectivity index (χ1n) is 8.95. The molecular formula is C18H26FN5O2. The molecule has 0 N–H and O–H groups in total. The number of amides is 1. The molecule has 26 heavy (non-hydrogen) atoms. The molecule has 1 amide bonds. The fourth-order valence-corrected chi connectivity index (χ4v) is 3.62. The van der Waals surface area contributed by atoms with Gasteiger partial charge in [-0.15, -0.1) is 0 Å². The summed E-state index contributed by atoms with van der Waals surface area (Å²) in [6.07, 6.45) is 3.93. The third-order valence-corrected chi connectivity index (χ3v) is 4.93. The van der Waals surface area contributed by atoms with Crippen LogP contribution in [0.25, 0.3) is 0 Å². The molecule has 3 rings (SSSR count). The van der Waals surface area contributed by atoms with Crippen molar-refractivity contribution in [2.75, 3.05) is 20.1 Å². The molecule has 142 valence electrons. The van der Waals surface area contributed by atoms with Crippen LogP contribution in [0.2, 0.25) is 0 Å². The molecule has 2 aromatic rings. The Labute approximate surface area is 152 Å². The van der Waals surface area contributed by atoms with Crippen LogP contribution in [-0.4, -0.2) is 63.0 Å². The Kier molecular flexibility index (Phi) is 5.41. The molecule has 8 heteroatoms. The number of aromatic nitrogens is 3. The summed E-state index contributed by atoms with van der Waals surface area (Å²) in [5, 5.41) is 8.12. The number of likely N-dealkylation sites (N-methyl/N-ethyl adjacent to an activating group) is 1. The molecule has 1 aliphatic rings. The van der Waals surface area contributed by atoms with Gasteiger partial charge in [0.2, 0.25) is 0 Å². The predicted octanol–water partition coefficient (Wildman–Crippen LogP) is 1.96. The van der Waals surface area contributed by atoms with E-state index in [-0.39, 0.29) is 11.9 Å². The van der Waals surface area contributed by atoms with Gasteiger partial charge in [-0.1, -0.05) is 12.1 Å². The fourth-order valence-electron chi connectivity index (χ4n) is 3.62. The summed E-state index contributed by atoms with van der Waals surface area (Å²) in [6, 6.07) is -0.0237. The molecule has 1 fully saturated rings. The Morgan fingerprint density at radius 2 is 2.27 bits per heavy atom. The zero-order chi connectivity index (χ0) is 18.8. The molecule has 3 heterocycles. The highest BCUT2D eigenvalue weighted by molar-refractivity contribution is 5.96. The summed E-state index contributed by atoms with van der Waals surface area (Å²) in [6.45, 7) is 5.16. The van der Waals surface area contributed by atoms with Crippen molar-refractivity contribution >= 4 is 5.91 Å². The topological polar surface area (TPSA) is 67.4 Å². The Balaban J connectivity index is 1.69. The molecule has 0 aromatic carbocycles. The Morgan fingerprint density at radius 1 is 1.50 bits per heavy atom. The smallest absolute Gasteiger partial charge is 0.259 e. The highest BCUT2D eigenvalue weighted by atomic mass is 19.1. The molecule has 2 aromatic heterocycles. The molecule has 0 unspecified atom stereocenters. The van der Waals surface area contributed by atoms with E-state index in [1.165, 1.54) is 0 Å². The number of halogens is 1. The van der Waals surface area contributed by atoms with E-state index >= 15 is 0 Å². The molecular weight excluding hydrogens is 337 g/mol. The Hall–Kier alpha value is -2.22. The maximum Gasteiger partial charge on any atom is 0.259 e.